The highest BCUT2D eigenvalue weighted by Gasteiger charge is 2.19. The number of carbonyl (C=O) groups excluding carboxylic acids is 1. The number of likely N-dealkylation sites (N-methyl/N-ethyl adjacent to an activating group) is 1. The van der Waals surface area contributed by atoms with Crippen molar-refractivity contribution in [3.8, 4) is 0 Å². The summed E-state index contributed by atoms with van der Waals surface area (Å²) in [7, 11) is 1.81. The molecule has 18 heavy (non-hydrogen) atoms. The summed E-state index contributed by atoms with van der Waals surface area (Å²) in [5.41, 5.74) is 0.600. The number of ether oxygens (including phenoxy) is 1. The standard InChI is InChI=1S/C13H17BrN2O2/c1-16(9-12-4-2-3-5-18-12)13(17)10-6-11(14)8-15-7-10/h6-8,12H,2-5,9H2,1H3. The van der Waals surface area contributed by atoms with Crippen molar-refractivity contribution in [3.05, 3.63) is 28.5 Å². The summed E-state index contributed by atoms with van der Waals surface area (Å²) >= 11 is 3.32. The van der Waals surface area contributed by atoms with Gasteiger partial charge in [-0.1, -0.05) is 0 Å². The summed E-state index contributed by atoms with van der Waals surface area (Å²) in [6.45, 7) is 1.45. The summed E-state index contributed by atoms with van der Waals surface area (Å²) in [4.78, 5) is 17.9. The smallest absolute Gasteiger partial charge is 0.255 e. The molecule has 0 aliphatic carbocycles. The van der Waals surface area contributed by atoms with Gasteiger partial charge < -0.3 is 9.64 Å². The Bertz CT molecular complexity index is 419. The van der Waals surface area contributed by atoms with Crippen molar-refractivity contribution in [3.63, 3.8) is 0 Å². The number of carbonyl (C=O) groups is 1. The van der Waals surface area contributed by atoms with Crippen molar-refractivity contribution in [1.82, 2.24) is 9.88 Å². The molecular weight excluding hydrogens is 296 g/mol. The van der Waals surface area contributed by atoms with Gasteiger partial charge in [0.15, 0.2) is 0 Å². The van der Waals surface area contributed by atoms with E-state index in [1.165, 1.54) is 6.42 Å². The molecule has 0 saturated carbocycles. The largest absolute Gasteiger partial charge is 0.376 e. The van der Waals surface area contributed by atoms with Crippen LogP contribution in [0, 0.1) is 0 Å². The Hall–Kier alpha value is -0.940. The minimum atomic E-state index is -0.0158. The molecule has 1 saturated heterocycles. The van der Waals surface area contributed by atoms with Gasteiger partial charge in [-0.3, -0.25) is 9.78 Å². The van der Waals surface area contributed by atoms with Crippen molar-refractivity contribution in [2.45, 2.75) is 25.4 Å². The second-order valence-electron chi connectivity index (χ2n) is 4.57. The first-order valence-electron chi connectivity index (χ1n) is 6.14. The number of aromatic nitrogens is 1. The average Bonchev–Trinajstić information content (AvgIpc) is 2.39. The lowest BCUT2D eigenvalue weighted by molar-refractivity contribution is -0.000196. The van der Waals surface area contributed by atoms with E-state index in [2.05, 4.69) is 20.9 Å². The summed E-state index contributed by atoms with van der Waals surface area (Å²) in [5.74, 6) is -0.0158. The molecule has 0 radical (unpaired) electrons. The Kier molecular flexibility index (Phi) is 4.72. The van der Waals surface area contributed by atoms with Crippen molar-refractivity contribution >= 4 is 21.8 Å². The summed E-state index contributed by atoms with van der Waals surface area (Å²) in [5, 5.41) is 0. The fourth-order valence-electron chi connectivity index (χ4n) is 2.09. The highest BCUT2D eigenvalue weighted by atomic mass is 79.9. The fraction of sp³-hybridized carbons (Fsp3) is 0.538. The van der Waals surface area contributed by atoms with E-state index < -0.39 is 0 Å². The molecule has 1 atom stereocenters. The van der Waals surface area contributed by atoms with Gasteiger partial charge in [0, 0.05) is 37.1 Å². The zero-order chi connectivity index (χ0) is 13.0. The van der Waals surface area contributed by atoms with Crippen LogP contribution in [-0.2, 0) is 4.74 Å². The second-order valence-corrected chi connectivity index (χ2v) is 5.48. The zero-order valence-electron chi connectivity index (χ0n) is 10.4. The van der Waals surface area contributed by atoms with Gasteiger partial charge in [-0.2, -0.15) is 0 Å². The third-order valence-corrected chi connectivity index (χ3v) is 3.48. The van der Waals surface area contributed by atoms with E-state index in [0.29, 0.717) is 12.1 Å². The van der Waals surface area contributed by atoms with E-state index in [-0.39, 0.29) is 12.0 Å². The lowest BCUT2D eigenvalue weighted by atomic mass is 10.1. The second kappa shape index (κ2) is 6.29. The van der Waals surface area contributed by atoms with Gasteiger partial charge in [-0.05, 0) is 41.3 Å². The maximum atomic E-state index is 12.2. The molecule has 1 aliphatic heterocycles. The van der Waals surface area contributed by atoms with Crippen LogP contribution in [0.2, 0.25) is 0 Å². The van der Waals surface area contributed by atoms with Crippen LogP contribution in [0.15, 0.2) is 22.9 Å². The molecule has 5 heteroatoms. The van der Waals surface area contributed by atoms with Crippen molar-refractivity contribution in [2.75, 3.05) is 20.2 Å². The monoisotopic (exact) mass is 312 g/mol. The SMILES string of the molecule is CN(CC1CCCCO1)C(=O)c1cncc(Br)c1. The van der Waals surface area contributed by atoms with Gasteiger partial charge in [0.1, 0.15) is 0 Å². The summed E-state index contributed by atoms with van der Waals surface area (Å²) in [6.07, 6.45) is 6.78. The molecule has 0 aromatic carbocycles. The number of nitrogens with zero attached hydrogens (tertiary/aromatic N) is 2. The Labute approximate surface area is 115 Å². The molecule has 1 aromatic heterocycles. The van der Waals surface area contributed by atoms with Gasteiger partial charge >= 0.3 is 0 Å². The van der Waals surface area contributed by atoms with Crippen molar-refractivity contribution < 1.29 is 9.53 Å². The van der Waals surface area contributed by atoms with Gasteiger partial charge in [-0.25, -0.2) is 0 Å². The molecule has 0 bridgehead atoms. The average molecular weight is 313 g/mol. The third kappa shape index (κ3) is 3.53. The molecule has 0 N–H and O–H groups in total. The fourth-order valence-corrected chi connectivity index (χ4v) is 2.45. The molecule has 2 heterocycles. The minimum absolute atomic E-state index is 0.0158. The van der Waals surface area contributed by atoms with Crippen molar-refractivity contribution in [1.29, 1.82) is 0 Å². The lowest BCUT2D eigenvalue weighted by Crippen LogP contribution is -2.37. The molecule has 1 amide bonds. The van der Waals surface area contributed by atoms with E-state index in [4.69, 9.17) is 4.74 Å². The highest BCUT2D eigenvalue weighted by molar-refractivity contribution is 9.10. The molecule has 2 rings (SSSR count). The third-order valence-electron chi connectivity index (χ3n) is 3.05. The minimum Gasteiger partial charge on any atom is -0.376 e. The van der Waals surface area contributed by atoms with Gasteiger partial charge in [0.2, 0.25) is 0 Å². The predicted molar refractivity (Wildman–Crippen MR) is 72.5 cm³/mol. The first kappa shape index (κ1) is 13.5. The van der Waals surface area contributed by atoms with Crippen LogP contribution < -0.4 is 0 Å². The first-order chi connectivity index (χ1) is 8.66. The zero-order valence-corrected chi connectivity index (χ0v) is 12.0. The number of pyridine rings is 1. The van der Waals surface area contributed by atoms with E-state index >= 15 is 0 Å². The van der Waals surface area contributed by atoms with Gasteiger partial charge in [-0.15, -0.1) is 0 Å². The van der Waals surface area contributed by atoms with Crippen LogP contribution in [0.4, 0.5) is 0 Å². The number of halogens is 1. The lowest BCUT2D eigenvalue weighted by Gasteiger charge is -2.27. The van der Waals surface area contributed by atoms with Crippen molar-refractivity contribution in [2.24, 2.45) is 0 Å². The summed E-state index contributed by atoms with van der Waals surface area (Å²) < 4.78 is 6.46. The molecule has 1 fully saturated rings. The van der Waals surface area contributed by atoms with E-state index in [9.17, 15) is 4.79 Å². The molecule has 98 valence electrons. The normalized spacial score (nSPS) is 19.6. The molecular formula is C13H17BrN2O2. The van der Waals surface area contributed by atoms with Crippen LogP contribution in [-0.4, -0.2) is 42.1 Å². The highest BCUT2D eigenvalue weighted by Crippen LogP contribution is 2.15. The number of rotatable bonds is 3. The molecule has 4 nitrogen and oxygen atoms in total. The predicted octanol–water partition coefficient (Wildman–Crippen LogP) is 2.49. The van der Waals surface area contributed by atoms with Crippen LogP contribution in [0.3, 0.4) is 0 Å². The van der Waals surface area contributed by atoms with Gasteiger partial charge in [0.05, 0.1) is 11.7 Å². The topological polar surface area (TPSA) is 42.4 Å². The quantitative estimate of drug-likeness (QED) is 0.861. The van der Waals surface area contributed by atoms with E-state index in [1.54, 1.807) is 30.4 Å². The number of hydrogen-bond acceptors (Lipinski definition) is 3. The maximum absolute atomic E-state index is 12.2. The Morgan fingerprint density at radius 3 is 3.06 bits per heavy atom. The van der Waals surface area contributed by atoms with Crippen LogP contribution in [0.5, 0.6) is 0 Å². The van der Waals surface area contributed by atoms with Gasteiger partial charge in [0.25, 0.3) is 5.91 Å². The number of amides is 1. The molecule has 1 aliphatic rings. The van der Waals surface area contributed by atoms with Crippen LogP contribution >= 0.6 is 15.9 Å². The first-order valence-corrected chi connectivity index (χ1v) is 6.94. The molecule has 0 spiro atoms. The Balaban J connectivity index is 1.95. The molecule has 1 aromatic rings. The molecule has 1 unspecified atom stereocenters. The van der Waals surface area contributed by atoms with Crippen LogP contribution in [0.1, 0.15) is 29.6 Å². The maximum Gasteiger partial charge on any atom is 0.255 e. The number of hydrogen-bond donors (Lipinski definition) is 0. The van der Waals surface area contributed by atoms with E-state index in [0.717, 1.165) is 23.9 Å². The van der Waals surface area contributed by atoms with Crippen LogP contribution in [0.25, 0.3) is 0 Å². The Morgan fingerprint density at radius 2 is 2.39 bits per heavy atom. The summed E-state index contributed by atoms with van der Waals surface area (Å²) in [6, 6.07) is 1.79. The van der Waals surface area contributed by atoms with E-state index in [1.807, 2.05) is 0 Å². The Morgan fingerprint density at radius 1 is 1.56 bits per heavy atom.